The van der Waals surface area contributed by atoms with Crippen LogP contribution < -0.4 is 10.2 Å². The number of hydrogen-bond donors (Lipinski definition) is 0. The highest BCUT2D eigenvalue weighted by molar-refractivity contribution is 6.29. The highest BCUT2D eigenvalue weighted by Crippen LogP contribution is 2.25. The maximum Gasteiger partial charge on any atom is 0.193 e. The Kier molecular flexibility index (Phi) is 2.99. The van der Waals surface area contributed by atoms with Gasteiger partial charge in [0.2, 0.25) is 0 Å². The summed E-state index contributed by atoms with van der Waals surface area (Å²) in [6, 6.07) is 6.49. The lowest BCUT2D eigenvalue weighted by Crippen LogP contribution is -2.02. The van der Waals surface area contributed by atoms with Crippen LogP contribution in [0, 0.1) is 0 Å². The summed E-state index contributed by atoms with van der Waals surface area (Å²) >= 11 is 5.94. The highest BCUT2D eigenvalue weighted by Gasteiger charge is 2.13. The van der Waals surface area contributed by atoms with Crippen LogP contribution in [0.4, 0.5) is 0 Å². The van der Waals surface area contributed by atoms with E-state index in [0.29, 0.717) is 33.5 Å². The predicted octanol–water partition coefficient (Wildman–Crippen LogP) is 2.86. The Morgan fingerprint density at radius 3 is 2.80 bits per heavy atom. The zero-order valence-corrected chi connectivity index (χ0v) is 11.6. The fourth-order valence-corrected chi connectivity index (χ4v) is 2.12. The molecule has 2 aromatic heterocycles. The molecular weight excluding hydrogens is 280 g/mol. The van der Waals surface area contributed by atoms with Crippen LogP contribution in [0.3, 0.4) is 0 Å². The molecule has 5 nitrogen and oxygen atoms in total. The van der Waals surface area contributed by atoms with Crippen LogP contribution in [-0.2, 0) is 7.05 Å². The molecule has 0 aliphatic rings. The minimum Gasteiger partial charge on any atom is -0.497 e. The van der Waals surface area contributed by atoms with E-state index in [9.17, 15) is 4.79 Å². The van der Waals surface area contributed by atoms with Crippen LogP contribution in [0.15, 0.2) is 39.7 Å². The van der Waals surface area contributed by atoms with E-state index in [1.165, 1.54) is 12.3 Å². The van der Waals surface area contributed by atoms with Gasteiger partial charge in [0.1, 0.15) is 16.5 Å². The van der Waals surface area contributed by atoms with E-state index in [2.05, 4.69) is 4.98 Å². The Balaban J connectivity index is 2.25. The first kappa shape index (κ1) is 12.7. The summed E-state index contributed by atoms with van der Waals surface area (Å²) in [6.45, 7) is 0. The highest BCUT2D eigenvalue weighted by atomic mass is 35.5. The molecule has 0 amide bonds. The molecule has 0 spiro atoms. The zero-order valence-electron chi connectivity index (χ0n) is 10.9. The van der Waals surface area contributed by atoms with Gasteiger partial charge in [0.25, 0.3) is 0 Å². The van der Waals surface area contributed by atoms with Gasteiger partial charge >= 0.3 is 0 Å². The fourth-order valence-electron chi connectivity index (χ4n) is 1.99. The van der Waals surface area contributed by atoms with Crippen LogP contribution in [0.25, 0.3) is 22.6 Å². The standard InChI is InChI=1S/C14H11ClN2O3/c1-17-13(15)7-16-14(17)12-6-10(18)9-5-8(19-2)3-4-11(9)20-12/h3-7H,1-2H3. The van der Waals surface area contributed by atoms with Crippen molar-refractivity contribution in [3.8, 4) is 17.3 Å². The second-order valence-electron chi connectivity index (χ2n) is 4.30. The predicted molar refractivity (Wildman–Crippen MR) is 76.2 cm³/mol. The van der Waals surface area contributed by atoms with Gasteiger partial charge in [-0.1, -0.05) is 11.6 Å². The number of imidazole rings is 1. The van der Waals surface area contributed by atoms with Crippen LogP contribution in [-0.4, -0.2) is 16.7 Å². The van der Waals surface area contributed by atoms with Crippen molar-refractivity contribution in [3.63, 3.8) is 0 Å². The molecular formula is C14H11ClN2O3. The number of methoxy groups -OCH3 is 1. The Morgan fingerprint density at radius 2 is 2.15 bits per heavy atom. The minimum atomic E-state index is -0.153. The van der Waals surface area contributed by atoms with E-state index in [4.69, 9.17) is 20.8 Å². The molecule has 3 aromatic rings. The monoisotopic (exact) mass is 290 g/mol. The molecule has 0 unspecified atom stereocenters. The molecule has 0 atom stereocenters. The van der Waals surface area contributed by atoms with Gasteiger partial charge in [-0.3, -0.25) is 4.79 Å². The number of halogens is 1. The van der Waals surface area contributed by atoms with Gasteiger partial charge in [0.05, 0.1) is 18.7 Å². The molecule has 0 radical (unpaired) electrons. The number of hydrogen-bond acceptors (Lipinski definition) is 4. The van der Waals surface area contributed by atoms with Crippen molar-refractivity contribution in [1.29, 1.82) is 0 Å². The molecule has 3 rings (SSSR count). The molecule has 0 fully saturated rings. The maximum absolute atomic E-state index is 12.2. The minimum absolute atomic E-state index is 0.153. The molecule has 0 aliphatic carbocycles. The Bertz CT molecular complexity index is 851. The molecule has 0 saturated heterocycles. The van der Waals surface area contributed by atoms with Crippen LogP contribution >= 0.6 is 11.6 Å². The molecule has 6 heteroatoms. The van der Waals surface area contributed by atoms with Crippen LogP contribution in [0.5, 0.6) is 5.75 Å². The van der Waals surface area contributed by atoms with Crippen molar-refractivity contribution in [2.75, 3.05) is 7.11 Å². The third kappa shape index (κ3) is 1.96. The van der Waals surface area contributed by atoms with Gasteiger partial charge in [-0.15, -0.1) is 0 Å². The first-order valence-electron chi connectivity index (χ1n) is 5.89. The summed E-state index contributed by atoms with van der Waals surface area (Å²) in [7, 11) is 3.30. The normalized spacial score (nSPS) is 10.9. The molecule has 0 saturated carbocycles. The second kappa shape index (κ2) is 4.68. The number of fused-ring (bicyclic) bond motifs is 1. The number of rotatable bonds is 2. The first-order chi connectivity index (χ1) is 9.60. The third-order valence-electron chi connectivity index (χ3n) is 3.09. The van der Waals surface area contributed by atoms with Crippen LogP contribution in [0.2, 0.25) is 5.15 Å². The molecule has 2 heterocycles. The molecule has 102 valence electrons. The molecule has 20 heavy (non-hydrogen) atoms. The second-order valence-corrected chi connectivity index (χ2v) is 4.69. The smallest absolute Gasteiger partial charge is 0.193 e. The first-order valence-corrected chi connectivity index (χ1v) is 6.27. The fraction of sp³-hybridized carbons (Fsp3) is 0.143. The Hall–Kier alpha value is -2.27. The van der Waals surface area contributed by atoms with E-state index >= 15 is 0 Å². The lowest BCUT2D eigenvalue weighted by Gasteiger charge is -2.05. The van der Waals surface area contributed by atoms with Gasteiger partial charge in [0, 0.05) is 13.1 Å². The van der Waals surface area contributed by atoms with Crippen molar-refractivity contribution >= 4 is 22.6 Å². The molecule has 0 bridgehead atoms. The lowest BCUT2D eigenvalue weighted by atomic mass is 10.2. The average molecular weight is 291 g/mol. The van der Waals surface area contributed by atoms with Crippen molar-refractivity contribution in [2.24, 2.45) is 7.05 Å². The van der Waals surface area contributed by atoms with E-state index in [1.807, 2.05) is 0 Å². The summed E-state index contributed by atoms with van der Waals surface area (Å²) < 4.78 is 12.5. The Labute approximate surface area is 119 Å². The van der Waals surface area contributed by atoms with Crippen molar-refractivity contribution in [1.82, 2.24) is 9.55 Å². The topological polar surface area (TPSA) is 57.3 Å². The van der Waals surface area contributed by atoms with E-state index in [1.54, 1.807) is 36.9 Å². The third-order valence-corrected chi connectivity index (χ3v) is 3.44. The van der Waals surface area contributed by atoms with Gasteiger partial charge in [-0.05, 0) is 18.2 Å². The SMILES string of the molecule is COc1ccc2oc(-c3ncc(Cl)n3C)cc(=O)c2c1. The maximum atomic E-state index is 12.2. The summed E-state index contributed by atoms with van der Waals surface area (Å²) in [4.78, 5) is 16.3. The number of nitrogens with zero attached hydrogens (tertiary/aromatic N) is 2. The van der Waals surface area contributed by atoms with E-state index in [-0.39, 0.29) is 5.43 Å². The van der Waals surface area contributed by atoms with Gasteiger partial charge in [0.15, 0.2) is 17.0 Å². The summed E-state index contributed by atoms with van der Waals surface area (Å²) in [6.07, 6.45) is 1.51. The molecule has 1 aromatic carbocycles. The van der Waals surface area contributed by atoms with Gasteiger partial charge in [-0.25, -0.2) is 4.98 Å². The lowest BCUT2D eigenvalue weighted by molar-refractivity contribution is 0.415. The van der Waals surface area contributed by atoms with Crippen molar-refractivity contribution < 1.29 is 9.15 Å². The summed E-state index contributed by atoms with van der Waals surface area (Å²) in [5, 5.41) is 0.936. The van der Waals surface area contributed by atoms with Crippen molar-refractivity contribution in [2.45, 2.75) is 0 Å². The Morgan fingerprint density at radius 1 is 1.35 bits per heavy atom. The average Bonchev–Trinajstić information content (AvgIpc) is 2.78. The largest absolute Gasteiger partial charge is 0.497 e. The van der Waals surface area contributed by atoms with E-state index < -0.39 is 0 Å². The number of ether oxygens (including phenoxy) is 1. The number of aromatic nitrogens is 2. The molecule has 0 aliphatic heterocycles. The zero-order chi connectivity index (χ0) is 14.3. The van der Waals surface area contributed by atoms with Crippen molar-refractivity contribution in [3.05, 3.63) is 45.8 Å². The van der Waals surface area contributed by atoms with Crippen LogP contribution in [0.1, 0.15) is 0 Å². The molecule has 0 N–H and O–H groups in total. The van der Waals surface area contributed by atoms with E-state index in [0.717, 1.165) is 0 Å². The van der Waals surface area contributed by atoms with Gasteiger partial charge < -0.3 is 13.7 Å². The summed E-state index contributed by atoms with van der Waals surface area (Å²) in [5.74, 6) is 1.49. The number of benzene rings is 1. The quantitative estimate of drug-likeness (QED) is 0.728. The summed E-state index contributed by atoms with van der Waals surface area (Å²) in [5.41, 5.74) is 0.326. The van der Waals surface area contributed by atoms with Gasteiger partial charge in [-0.2, -0.15) is 0 Å².